The molecule has 0 aliphatic heterocycles. The molecule has 1 rings (SSSR count). The Bertz CT molecular complexity index is 248. The first-order chi connectivity index (χ1) is 8.04. The predicted octanol–water partition coefficient (Wildman–Crippen LogP) is 3.53. The van der Waals surface area contributed by atoms with Crippen molar-refractivity contribution in [1.82, 2.24) is 5.32 Å². The van der Waals surface area contributed by atoms with Crippen molar-refractivity contribution in [2.75, 3.05) is 13.7 Å². The first-order valence-corrected chi connectivity index (χ1v) is 7.00. The average molecular weight is 239 g/mol. The lowest BCUT2D eigenvalue weighted by Crippen LogP contribution is -2.52. The molecule has 1 unspecified atom stereocenters. The number of hydrogen-bond donors (Lipinski definition) is 1. The predicted molar refractivity (Wildman–Crippen MR) is 74.3 cm³/mol. The smallest absolute Gasteiger partial charge is 0.0870 e. The Labute approximate surface area is 107 Å². The second-order valence-electron chi connectivity index (χ2n) is 5.69. The molecular weight excluding hydrogens is 210 g/mol. The van der Waals surface area contributed by atoms with Crippen LogP contribution in [0, 0.1) is 5.92 Å². The molecule has 0 heterocycles. The van der Waals surface area contributed by atoms with Gasteiger partial charge in [0.1, 0.15) is 0 Å². The Balaban J connectivity index is 2.85. The van der Waals surface area contributed by atoms with Gasteiger partial charge in [0.05, 0.1) is 11.6 Å². The molecule has 0 spiro atoms. The Morgan fingerprint density at radius 2 is 2.00 bits per heavy atom. The van der Waals surface area contributed by atoms with Gasteiger partial charge in [0.25, 0.3) is 0 Å². The first kappa shape index (κ1) is 14.7. The van der Waals surface area contributed by atoms with E-state index in [1.54, 1.807) is 0 Å². The third-order valence-electron chi connectivity index (χ3n) is 3.93. The van der Waals surface area contributed by atoms with Crippen LogP contribution in [0.25, 0.3) is 0 Å². The van der Waals surface area contributed by atoms with E-state index in [4.69, 9.17) is 4.74 Å². The molecule has 1 fully saturated rings. The van der Waals surface area contributed by atoms with Gasteiger partial charge in [-0.2, -0.15) is 0 Å². The summed E-state index contributed by atoms with van der Waals surface area (Å²) in [7, 11) is 2.04. The van der Waals surface area contributed by atoms with Crippen molar-refractivity contribution in [2.45, 2.75) is 65.0 Å². The first-order valence-electron chi connectivity index (χ1n) is 7.00. The molecule has 17 heavy (non-hydrogen) atoms. The van der Waals surface area contributed by atoms with Gasteiger partial charge in [0.15, 0.2) is 0 Å². The number of likely N-dealkylation sites (N-methyl/N-ethyl adjacent to an activating group) is 1. The maximum atomic E-state index is 6.17. The largest absolute Gasteiger partial charge is 0.373 e. The van der Waals surface area contributed by atoms with E-state index >= 15 is 0 Å². The van der Waals surface area contributed by atoms with Crippen LogP contribution in [0.1, 0.15) is 53.4 Å². The number of nitrogens with one attached hydrogen (secondary N) is 1. The molecule has 2 nitrogen and oxygen atoms in total. The van der Waals surface area contributed by atoms with Gasteiger partial charge in [-0.1, -0.05) is 18.6 Å². The Morgan fingerprint density at radius 3 is 2.41 bits per heavy atom. The topological polar surface area (TPSA) is 21.3 Å². The number of rotatable bonds is 5. The van der Waals surface area contributed by atoms with Crippen molar-refractivity contribution in [2.24, 2.45) is 5.92 Å². The third kappa shape index (κ3) is 3.82. The van der Waals surface area contributed by atoms with Gasteiger partial charge in [0, 0.05) is 6.61 Å². The minimum atomic E-state index is 0.0211. The number of allylic oxidation sites excluding steroid dienone is 1. The van der Waals surface area contributed by atoms with Crippen LogP contribution in [0.4, 0.5) is 0 Å². The van der Waals surface area contributed by atoms with Crippen LogP contribution in [0.3, 0.4) is 0 Å². The van der Waals surface area contributed by atoms with Gasteiger partial charge >= 0.3 is 0 Å². The minimum Gasteiger partial charge on any atom is -0.373 e. The van der Waals surface area contributed by atoms with Crippen molar-refractivity contribution in [3.8, 4) is 0 Å². The summed E-state index contributed by atoms with van der Waals surface area (Å²) in [5.74, 6) is 0.854. The summed E-state index contributed by atoms with van der Waals surface area (Å²) in [6.45, 7) is 9.59. The maximum Gasteiger partial charge on any atom is 0.0870 e. The lowest BCUT2D eigenvalue weighted by molar-refractivity contribution is -0.0851. The van der Waals surface area contributed by atoms with Gasteiger partial charge in [-0.25, -0.2) is 0 Å². The van der Waals surface area contributed by atoms with Crippen molar-refractivity contribution in [1.29, 1.82) is 0 Å². The highest BCUT2D eigenvalue weighted by molar-refractivity contribution is 5.10. The highest BCUT2D eigenvalue weighted by Crippen LogP contribution is 2.37. The zero-order valence-corrected chi connectivity index (χ0v) is 12.2. The molecule has 1 atom stereocenters. The summed E-state index contributed by atoms with van der Waals surface area (Å²) in [5.41, 5.74) is 1.38. The Hall–Kier alpha value is -0.340. The standard InChI is InChI=1S/C15H29NO/c1-6-17-15(9-7-13(4)8-10-15)14(16-5)11-12(2)3/h11,13-14,16H,6-10H2,1-5H3. The monoisotopic (exact) mass is 239 g/mol. The Morgan fingerprint density at radius 1 is 1.41 bits per heavy atom. The fraction of sp³-hybridized carbons (Fsp3) is 0.867. The third-order valence-corrected chi connectivity index (χ3v) is 3.93. The van der Waals surface area contributed by atoms with E-state index in [2.05, 4.69) is 39.1 Å². The molecule has 1 aliphatic rings. The SMILES string of the molecule is CCOC1(C(C=C(C)C)NC)CCC(C)CC1. The molecule has 0 aromatic carbocycles. The highest BCUT2D eigenvalue weighted by atomic mass is 16.5. The van der Waals surface area contributed by atoms with E-state index in [1.807, 2.05) is 7.05 Å². The van der Waals surface area contributed by atoms with Gasteiger partial charge in [0.2, 0.25) is 0 Å². The van der Waals surface area contributed by atoms with E-state index in [1.165, 1.54) is 31.3 Å². The number of ether oxygens (including phenoxy) is 1. The molecule has 1 saturated carbocycles. The van der Waals surface area contributed by atoms with Gasteiger partial charge in [-0.05, 0) is 59.4 Å². The molecule has 0 amide bonds. The lowest BCUT2D eigenvalue weighted by atomic mass is 9.75. The average Bonchev–Trinajstić information content (AvgIpc) is 2.29. The van der Waals surface area contributed by atoms with Crippen LogP contribution in [-0.4, -0.2) is 25.3 Å². The normalized spacial score (nSPS) is 31.0. The van der Waals surface area contributed by atoms with Gasteiger partial charge in [-0.15, -0.1) is 0 Å². The van der Waals surface area contributed by atoms with Crippen LogP contribution in [0.2, 0.25) is 0 Å². The maximum absolute atomic E-state index is 6.17. The van der Waals surface area contributed by atoms with Crippen molar-refractivity contribution < 1.29 is 4.74 Å². The van der Waals surface area contributed by atoms with E-state index in [-0.39, 0.29) is 5.60 Å². The molecule has 0 aromatic heterocycles. The molecule has 100 valence electrons. The van der Waals surface area contributed by atoms with Crippen LogP contribution < -0.4 is 5.32 Å². The van der Waals surface area contributed by atoms with Gasteiger partial charge in [-0.3, -0.25) is 0 Å². The summed E-state index contributed by atoms with van der Waals surface area (Å²) in [6, 6.07) is 0.347. The second-order valence-corrected chi connectivity index (χ2v) is 5.69. The van der Waals surface area contributed by atoms with Crippen molar-refractivity contribution >= 4 is 0 Å². The molecule has 1 aliphatic carbocycles. The molecule has 0 aromatic rings. The van der Waals surface area contributed by atoms with Crippen molar-refractivity contribution in [3.05, 3.63) is 11.6 Å². The molecular formula is C15H29NO. The van der Waals surface area contributed by atoms with E-state index in [0.717, 1.165) is 12.5 Å². The van der Waals surface area contributed by atoms with E-state index in [0.29, 0.717) is 6.04 Å². The van der Waals surface area contributed by atoms with Crippen molar-refractivity contribution in [3.63, 3.8) is 0 Å². The van der Waals surface area contributed by atoms with Crippen LogP contribution in [0.5, 0.6) is 0 Å². The van der Waals surface area contributed by atoms with Crippen LogP contribution in [-0.2, 0) is 4.74 Å². The summed E-state index contributed by atoms with van der Waals surface area (Å²) >= 11 is 0. The van der Waals surface area contributed by atoms with E-state index in [9.17, 15) is 0 Å². The summed E-state index contributed by atoms with van der Waals surface area (Å²) in [6.07, 6.45) is 7.25. The molecule has 2 heteroatoms. The van der Waals surface area contributed by atoms with E-state index < -0.39 is 0 Å². The zero-order chi connectivity index (χ0) is 12.9. The molecule has 0 radical (unpaired) electrons. The quantitative estimate of drug-likeness (QED) is 0.741. The van der Waals surface area contributed by atoms with Gasteiger partial charge < -0.3 is 10.1 Å². The summed E-state index contributed by atoms with van der Waals surface area (Å²) < 4.78 is 6.17. The summed E-state index contributed by atoms with van der Waals surface area (Å²) in [4.78, 5) is 0. The highest BCUT2D eigenvalue weighted by Gasteiger charge is 2.40. The lowest BCUT2D eigenvalue weighted by Gasteiger charge is -2.44. The summed E-state index contributed by atoms with van der Waals surface area (Å²) in [5, 5.41) is 3.44. The van der Waals surface area contributed by atoms with Crippen LogP contribution >= 0.6 is 0 Å². The van der Waals surface area contributed by atoms with Crippen LogP contribution in [0.15, 0.2) is 11.6 Å². The zero-order valence-electron chi connectivity index (χ0n) is 12.2. The fourth-order valence-corrected chi connectivity index (χ4v) is 2.91. The second kappa shape index (κ2) is 6.55. The Kier molecular flexibility index (Phi) is 5.68. The number of hydrogen-bond acceptors (Lipinski definition) is 2. The molecule has 0 bridgehead atoms. The molecule has 1 N–H and O–H groups in total. The molecule has 0 saturated heterocycles. The fourth-order valence-electron chi connectivity index (χ4n) is 2.91. The minimum absolute atomic E-state index is 0.0211.